The van der Waals surface area contributed by atoms with Crippen molar-refractivity contribution in [3.8, 4) is 0 Å². The van der Waals surface area contributed by atoms with Gasteiger partial charge >= 0.3 is 0 Å². The van der Waals surface area contributed by atoms with Crippen LogP contribution < -0.4 is 5.32 Å². The quantitative estimate of drug-likeness (QED) is 0.639. The van der Waals surface area contributed by atoms with E-state index in [2.05, 4.69) is 75.6 Å². The number of hydrogen-bond donors (Lipinski definition) is 2. The number of allylic oxidation sites excluding steroid dienone is 1. The maximum absolute atomic E-state index is 9.11. The molecule has 0 saturated carbocycles. The first-order valence-corrected chi connectivity index (χ1v) is 9.81. The van der Waals surface area contributed by atoms with Gasteiger partial charge in [0, 0.05) is 23.2 Å². The van der Waals surface area contributed by atoms with Gasteiger partial charge in [0.2, 0.25) is 5.95 Å². The highest BCUT2D eigenvalue weighted by atomic mass is 79.9. The standard InChI is InChI=1S/C21H21BrN4O/c1-14-7-9-15(10-8-14)18-13-19(16-4-2-5-17(22)12-16)26-21(23-18)24-20(25-26)6-3-11-27/h2,4-5,7-10,12-13,19,27H,3,6,11H2,1H3,(H,23,24,25)/t19-/m1/s1. The summed E-state index contributed by atoms with van der Waals surface area (Å²) in [4.78, 5) is 4.66. The lowest BCUT2D eigenvalue weighted by molar-refractivity contribution is 0.287. The van der Waals surface area contributed by atoms with Crippen molar-refractivity contribution in [2.75, 3.05) is 11.9 Å². The van der Waals surface area contributed by atoms with Crippen LogP contribution in [-0.4, -0.2) is 26.5 Å². The van der Waals surface area contributed by atoms with Crippen LogP contribution in [0.3, 0.4) is 0 Å². The number of hydrogen-bond acceptors (Lipinski definition) is 4. The summed E-state index contributed by atoms with van der Waals surface area (Å²) in [6, 6.07) is 16.7. The van der Waals surface area contributed by atoms with Gasteiger partial charge in [-0.2, -0.15) is 10.1 Å². The first kappa shape index (κ1) is 17.9. The summed E-state index contributed by atoms with van der Waals surface area (Å²) in [6.45, 7) is 2.22. The fourth-order valence-electron chi connectivity index (χ4n) is 3.21. The fourth-order valence-corrected chi connectivity index (χ4v) is 3.63. The van der Waals surface area contributed by atoms with Gasteiger partial charge in [-0.1, -0.05) is 57.9 Å². The lowest BCUT2D eigenvalue weighted by Gasteiger charge is -2.24. The van der Waals surface area contributed by atoms with E-state index < -0.39 is 0 Å². The Hall–Kier alpha value is -2.44. The summed E-state index contributed by atoms with van der Waals surface area (Å²) in [5.41, 5.74) is 4.50. The summed E-state index contributed by atoms with van der Waals surface area (Å²) >= 11 is 3.57. The van der Waals surface area contributed by atoms with Crippen molar-refractivity contribution >= 4 is 27.6 Å². The SMILES string of the molecule is Cc1ccc(C2=C[C@H](c3cccc(Br)c3)n3nc(CCCO)nc3N2)cc1. The molecule has 0 fully saturated rings. The number of rotatable bonds is 5. The zero-order valence-electron chi connectivity index (χ0n) is 15.1. The first-order chi connectivity index (χ1) is 13.1. The number of fused-ring (bicyclic) bond motifs is 1. The minimum Gasteiger partial charge on any atom is -0.396 e. The second kappa shape index (κ2) is 7.66. The molecule has 3 aromatic rings. The number of nitrogens with zero attached hydrogens (tertiary/aromatic N) is 3. The van der Waals surface area contributed by atoms with Crippen LogP contribution >= 0.6 is 15.9 Å². The van der Waals surface area contributed by atoms with Gasteiger partial charge in [-0.15, -0.1) is 0 Å². The van der Waals surface area contributed by atoms with E-state index in [1.165, 1.54) is 5.56 Å². The lowest BCUT2D eigenvalue weighted by Crippen LogP contribution is -2.20. The van der Waals surface area contributed by atoms with E-state index >= 15 is 0 Å². The lowest BCUT2D eigenvalue weighted by atomic mass is 10.0. The van der Waals surface area contributed by atoms with E-state index in [4.69, 9.17) is 10.2 Å². The van der Waals surface area contributed by atoms with E-state index in [1.54, 1.807) is 0 Å². The molecule has 1 aromatic heterocycles. The zero-order chi connectivity index (χ0) is 18.8. The van der Waals surface area contributed by atoms with Gasteiger partial charge in [-0.25, -0.2) is 4.68 Å². The smallest absolute Gasteiger partial charge is 0.226 e. The molecule has 1 atom stereocenters. The van der Waals surface area contributed by atoms with Gasteiger partial charge in [0.25, 0.3) is 0 Å². The summed E-state index contributed by atoms with van der Waals surface area (Å²) in [6.07, 6.45) is 3.50. The Morgan fingerprint density at radius 1 is 1.19 bits per heavy atom. The molecule has 2 N–H and O–H groups in total. The Morgan fingerprint density at radius 2 is 2.00 bits per heavy atom. The molecule has 27 heavy (non-hydrogen) atoms. The Labute approximate surface area is 166 Å². The van der Waals surface area contributed by atoms with Gasteiger partial charge in [-0.3, -0.25) is 0 Å². The Balaban J connectivity index is 1.77. The van der Waals surface area contributed by atoms with E-state index in [0.29, 0.717) is 12.8 Å². The maximum atomic E-state index is 9.11. The van der Waals surface area contributed by atoms with E-state index in [1.807, 2.05) is 16.8 Å². The number of nitrogens with one attached hydrogen (secondary N) is 1. The highest BCUT2D eigenvalue weighted by Crippen LogP contribution is 2.33. The van der Waals surface area contributed by atoms with Crippen molar-refractivity contribution in [2.45, 2.75) is 25.8 Å². The van der Waals surface area contributed by atoms with Crippen LogP contribution in [0, 0.1) is 6.92 Å². The van der Waals surface area contributed by atoms with Gasteiger partial charge < -0.3 is 10.4 Å². The highest BCUT2D eigenvalue weighted by molar-refractivity contribution is 9.10. The van der Waals surface area contributed by atoms with Gasteiger partial charge in [0.1, 0.15) is 6.04 Å². The fraction of sp³-hybridized carbons (Fsp3) is 0.238. The average molecular weight is 425 g/mol. The molecular formula is C21H21BrN4O. The number of aliphatic hydroxyl groups is 1. The van der Waals surface area contributed by atoms with Crippen molar-refractivity contribution in [3.63, 3.8) is 0 Å². The van der Waals surface area contributed by atoms with Crippen LogP contribution in [0.1, 0.15) is 35.0 Å². The van der Waals surface area contributed by atoms with Crippen molar-refractivity contribution in [1.29, 1.82) is 0 Å². The third kappa shape index (κ3) is 3.82. The van der Waals surface area contributed by atoms with Crippen LogP contribution in [0.15, 0.2) is 59.1 Å². The summed E-state index contributed by atoms with van der Waals surface area (Å²) in [5.74, 6) is 1.47. The number of aromatic nitrogens is 3. The number of aliphatic hydroxyl groups excluding tert-OH is 1. The second-order valence-electron chi connectivity index (χ2n) is 6.69. The summed E-state index contributed by atoms with van der Waals surface area (Å²) in [5, 5.41) is 17.2. The van der Waals surface area contributed by atoms with Crippen LogP contribution in [0.4, 0.5) is 5.95 Å². The Kier molecular flexibility index (Phi) is 5.09. The Morgan fingerprint density at radius 3 is 2.74 bits per heavy atom. The van der Waals surface area contributed by atoms with Gasteiger partial charge in [0.05, 0.1) is 0 Å². The van der Waals surface area contributed by atoms with Crippen molar-refractivity contribution in [1.82, 2.24) is 14.8 Å². The molecule has 2 heterocycles. The molecule has 0 saturated heterocycles. The predicted molar refractivity (Wildman–Crippen MR) is 110 cm³/mol. The topological polar surface area (TPSA) is 63.0 Å². The molecule has 0 spiro atoms. The third-order valence-electron chi connectivity index (χ3n) is 4.62. The molecule has 138 valence electrons. The van der Waals surface area contributed by atoms with E-state index in [-0.39, 0.29) is 12.6 Å². The van der Waals surface area contributed by atoms with E-state index in [0.717, 1.165) is 33.1 Å². The molecule has 6 heteroatoms. The molecule has 2 aromatic carbocycles. The molecule has 0 amide bonds. The van der Waals surface area contributed by atoms with Crippen LogP contribution in [-0.2, 0) is 6.42 Å². The molecule has 4 rings (SSSR count). The monoisotopic (exact) mass is 424 g/mol. The van der Waals surface area contributed by atoms with Crippen LogP contribution in [0.5, 0.6) is 0 Å². The number of halogens is 1. The molecule has 0 bridgehead atoms. The maximum Gasteiger partial charge on any atom is 0.226 e. The minimum absolute atomic E-state index is 0.0505. The Bertz CT molecular complexity index is 978. The molecular weight excluding hydrogens is 404 g/mol. The summed E-state index contributed by atoms with van der Waals surface area (Å²) in [7, 11) is 0. The number of aryl methyl sites for hydroxylation is 2. The number of anilines is 1. The average Bonchev–Trinajstić information content (AvgIpc) is 3.09. The van der Waals surface area contributed by atoms with E-state index in [9.17, 15) is 0 Å². The zero-order valence-corrected chi connectivity index (χ0v) is 16.6. The predicted octanol–water partition coefficient (Wildman–Crippen LogP) is 4.33. The van der Waals surface area contributed by atoms with Gasteiger partial charge in [-0.05, 0) is 42.7 Å². The van der Waals surface area contributed by atoms with Crippen LogP contribution in [0.2, 0.25) is 0 Å². The molecule has 1 aliphatic rings. The normalized spacial score (nSPS) is 15.8. The molecule has 0 unspecified atom stereocenters. The van der Waals surface area contributed by atoms with Crippen molar-refractivity contribution in [3.05, 3.63) is 81.6 Å². The minimum atomic E-state index is -0.0505. The number of benzene rings is 2. The largest absolute Gasteiger partial charge is 0.396 e. The molecule has 0 aliphatic carbocycles. The first-order valence-electron chi connectivity index (χ1n) is 9.01. The summed E-state index contributed by atoms with van der Waals surface area (Å²) < 4.78 is 2.96. The van der Waals surface area contributed by atoms with Crippen LogP contribution in [0.25, 0.3) is 5.70 Å². The van der Waals surface area contributed by atoms with Crippen molar-refractivity contribution in [2.24, 2.45) is 0 Å². The highest BCUT2D eigenvalue weighted by Gasteiger charge is 2.25. The molecule has 0 radical (unpaired) electrons. The second-order valence-corrected chi connectivity index (χ2v) is 7.61. The van der Waals surface area contributed by atoms with Crippen molar-refractivity contribution < 1.29 is 5.11 Å². The third-order valence-corrected chi connectivity index (χ3v) is 5.11. The molecule has 1 aliphatic heterocycles. The molecule has 5 nitrogen and oxygen atoms in total. The van der Waals surface area contributed by atoms with Gasteiger partial charge in [0.15, 0.2) is 5.82 Å².